The standard InChI is InChI=1S/C52H37N3/c1-52(2)47-16-10-9-15-45(47)46-33-42(29-30-48(46)52)41-27-21-38-22-28-43(32-44(38)31-41)51-54-49(39-23-17-36(18-24-39)34-11-5-3-6-12-34)53-50(55-51)40-25-19-37(20-26-40)35-13-7-4-8-14-35/h3-33H,1-2H3. The van der Waals surface area contributed by atoms with Crippen LogP contribution in [0.2, 0.25) is 0 Å². The van der Waals surface area contributed by atoms with Crippen LogP contribution in [-0.4, -0.2) is 15.0 Å². The summed E-state index contributed by atoms with van der Waals surface area (Å²) in [6.07, 6.45) is 0. The van der Waals surface area contributed by atoms with Crippen LogP contribution in [0, 0.1) is 0 Å². The molecule has 9 aromatic rings. The van der Waals surface area contributed by atoms with E-state index in [1.54, 1.807) is 0 Å². The summed E-state index contributed by atoms with van der Waals surface area (Å²) < 4.78 is 0. The quantitative estimate of drug-likeness (QED) is 0.173. The van der Waals surface area contributed by atoms with E-state index in [0.29, 0.717) is 17.5 Å². The molecule has 0 fully saturated rings. The van der Waals surface area contributed by atoms with Gasteiger partial charge >= 0.3 is 0 Å². The molecule has 0 bridgehead atoms. The maximum Gasteiger partial charge on any atom is 0.164 e. The average molecular weight is 704 g/mol. The lowest BCUT2D eigenvalue weighted by Gasteiger charge is -2.21. The minimum Gasteiger partial charge on any atom is -0.208 e. The summed E-state index contributed by atoms with van der Waals surface area (Å²) in [5.41, 5.74) is 15.3. The average Bonchev–Trinajstić information content (AvgIpc) is 3.49. The third kappa shape index (κ3) is 5.91. The van der Waals surface area contributed by atoms with Crippen molar-refractivity contribution in [2.24, 2.45) is 0 Å². The molecule has 1 aliphatic rings. The predicted molar refractivity (Wildman–Crippen MR) is 228 cm³/mol. The molecule has 1 aliphatic carbocycles. The van der Waals surface area contributed by atoms with Crippen LogP contribution in [0.25, 0.3) is 89.4 Å². The summed E-state index contributed by atoms with van der Waals surface area (Å²) in [4.78, 5) is 15.3. The molecule has 1 aromatic heterocycles. The van der Waals surface area contributed by atoms with Gasteiger partial charge in [-0.1, -0.05) is 184 Å². The molecule has 0 aliphatic heterocycles. The van der Waals surface area contributed by atoms with Crippen LogP contribution >= 0.6 is 0 Å². The minimum atomic E-state index is -0.0150. The molecule has 0 saturated carbocycles. The van der Waals surface area contributed by atoms with Crippen molar-refractivity contribution in [2.45, 2.75) is 19.3 Å². The Morgan fingerprint density at radius 2 is 0.691 bits per heavy atom. The SMILES string of the molecule is CC1(C)c2ccccc2-c2cc(-c3ccc4ccc(-c5nc(-c6ccc(-c7ccccc7)cc6)nc(-c6ccc(-c7ccccc7)cc6)n5)cc4c3)ccc21. The van der Waals surface area contributed by atoms with E-state index in [1.807, 2.05) is 12.1 Å². The molecule has 0 amide bonds. The predicted octanol–water partition coefficient (Wildman–Crippen LogP) is 13.3. The zero-order valence-corrected chi connectivity index (χ0v) is 30.7. The molecule has 0 atom stereocenters. The van der Waals surface area contributed by atoms with E-state index in [2.05, 4.69) is 190 Å². The maximum atomic E-state index is 5.11. The van der Waals surface area contributed by atoms with Crippen molar-refractivity contribution in [1.29, 1.82) is 0 Å². The zero-order valence-electron chi connectivity index (χ0n) is 30.7. The van der Waals surface area contributed by atoms with Gasteiger partial charge < -0.3 is 0 Å². The molecular formula is C52H37N3. The first-order valence-corrected chi connectivity index (χ1v) is 18.8. The second-order valence-corrected chi connectivity index (χ2v) is 14.9. The Morgan fingerprint density at radius 3 is 1.29 bits per heavy atom. The summed E-state index contributed by atoms with van der Waals surface area (Å²) in [6, 6.07) is 66.8. The summed E-state index contributed by atoms with van der Waals surface area (Å²) in [5.74, 6) is 1.92. The Morgan fingerprint density at radius 1 is 0.291 bits per heavy atom. The summed E-state index contributed by atoms with van der Waals surface area (Å²) in [5, 5.41) is 2.31. The zero-order chi connectivity index (χ0) is 36.9. The van der Waals surface area contributed by atoms with Crippen molar-refractivity contribution in [2.75, 3.05) is 0 Å². The van der Waals surface area contributed by atoms with E-state index in [9.17, 15) is 0 Å². The van der Waals surface area contributed by atoms with Crippen LogP contribution in [0.3, 0.4) is 0 Å². The smallest absolute Gasteiger partial charge is 0.164 e. The van der Waals surface area contributed by atoms with Crippen LogP contribution in [0.5, 0.6) is 0 Å². The van der Waals surface area contributed by atoms with Gasteiger partial charge in [0.1, 0.15) is 0 Å². The van der Waals surface area contributed by atoms with Crippen LogP contribution in [-0.2, 0) is 5.41 Å². The van der Waals surface area contributed by atoms with Crippen LogP contribution in [0.4, 0.5) is 0 Å². The Bertz CT molecular complexity index is 2760. The first kappa shape index (κ1) is 32.7. The summed E-state index contributed by atoms with van der Waals surface area (Å²) in [6.45, 7) is 4.65. The number of benzene rings is 8. The van der Waals surface area contributed by atoms with Crippen molar-refractivity contribution in [3.05, 3.63) is 199 Å². The highest BCUT2D eigenvalue weighted by Crippen LogP contribution is 2.49. The molecule has 10 rings (SSSR count). The maximum absolute atomic E-state index is 5.11. The van der Waals surface area contributed by atoms with Crippen LogP contribution < -0.4 is 0 Å². The van der Waals surface area contributed by atoms with Crippen molar-refractivity contribution in [3.8, 4) is 78.7 Å². The van der Waals surface area contributed by atoms with Gasteiger partial charge in [0.15, 0.2) is 17.5 Å². The Kier molecular flexibility index (Phi) is 7.81. The van der Waals surface area contributed by atoms with Crippen LogP contribution in [0.15, 0.2) is 188 Å². The second kappa shape index (κ2) is 13.2. The third-order valence-corrected chi connectivity index (χ3v) is 11.2. The molecule has 55 heavy (non-hydrogen) atoms. The molecule has 0 spiro atoms. The van der Waals surface area contributed by atoms with Gasteiger partial charge in [-0.3, -0.25) is 0 Å². The highest BCUT2D eigenvalue weighted by Gasteiger charge is 2.35. The van der Waals surface area contributed by atoms with Gasteiger partial charge in [0, 0.05) is 22.1 Å². The van der Waals surface area contributed by atoms with E-state index in [4.69, 9.17) is 15.0 Å². The Labute approximate surface area is 321 Å². The molecule has 3 nitrogen and oxygen atoms in total. The lowest BCUT2D eigenvalue weighted by atomic mass is 9.82. The van der Waals surface area contributed by atoms with Crippen molar-refractivity contribution in [3.63, 3.8) is 0 Å². The fourth-order valence-corrected chi connectivity index (χ4v) is 8.11. The number of hydrogen-bond donors (Lipinski definition) is 0. The molecule has 8 aromatic carbocycles. The van der Waals surface area contributed by atoms with Crippen LogP contribution in [0.1, 0.15) is 25.0 Å². The van der Waals surface area contributed by atoms with Crippen molar-refractivity contribution in [1.82, 2.24) is 15.0 Å². The van der Waals surface area contributed by atoms with Crippen molar-refractivity contribution < 1.29 is 0 Å². The molecule has 0 radical (unpaired) electrons. The molecule has 0 N–H and O–H groups in total. The molecule has 260 valence electrons. The molecule has 1 heterocycles. The Hall–Kier alpha value is -6.97. The monoisotopic (exact) mass is 703 g/mol. The number of aromatic nitrogens is 3. The van der Waals surface area contributed by atoms with E-state index < -0.39 is 0 Å². The molecular weight excluding hydrogens is 667 g/mol. The van der Waals surface area contributed by atoms with E-state index in [1.165, 1.54) is 49.9 Å². The van der Waals surface area contributed by atoms with Gasteiger partial charge in [0.05, 0.1) is 0 Å². The molecule has 0 saturated heterocycles. The second-order valence-electron chi connectivity index (χ2n) is 14.9. The van der Waals surface area contributed by atoms with E-state index >= 15 is 0 Å². The minimum absolute atomic E-state index is 0.0150. The van der Waals surface area contributed by atoms with Gasteiger partial charge in [0.25, 0.3) is 0 Å². The number of hydrogen-bond acceptors (Lipinski definition) is 3. The largest absolute Gasteiger partial charge is 0.208 e. The van der Waals surface area contributed by atoms with E-state index in [0.717, 1.165) is 33.2 Å². The Balaban J connectivity index is 1.06. The van der Waals surface area contributed by atoms with Crippen molar-refractivity contribution >= 4 is 10.8 Å². The number of nitrogens with zero attached hydrogens (tertiary/aromatic N) is 3. The first-order valence-electron chi connectivity index (χ1n) is 18.8. The van der Waals surface area contributed by atoms with Gasteiger partial charge in [-0.25, -0.2) is 15.0 Å². The lowest BCUT2D eigenvalue weighted by molar-refractivity contribution is 0.660. The molecule has 0 unspecified atom stereocenters. The van der Waals surface area contributed by atoms with Gasteiger partial charge in [-0.2, -0.15) is 0 Å². The number of rotatable bonds is 6. The van der Waals surface area contributed by atoms with E-state index in [-0.39, 0.29) is 5.41 Å². The van der Waals surface area contributed by atoms with Gasteiger partial charge in [-0.15, -0.1) is 0 Å². The van der Waals surface area contributed by atoms with Gasteiger partial charge in [0.2, 0.25) is 0 Å². The summed E-state index contributed by atoms with van der Waals surface area (Å²) in [7, 11) is 0. The lowest BCUT2D eigenvalue weighted by Crippen LogP contribution is -2.14. The first-order chi connectivity index (χ1) is 27.0. The highest BCUT2D eigenvalue weighted by molar-refractivity contribution is 5.92. The third-order valence-electron chi connectivity index (χ3n) is 11.2. The fourth-order valence-electron chi connectivity index (χ4n) is 8.11. The normalized spacial score (nSPS) is 12.7. The van der Waals surface area contributed by atoms with Gasteiger partial charge in [-0.05, 0) is 84.6 Å². The number of fused-ring (bicyclic) bond motifs is 4. The fraction of sp³-hybridized carbons (Fsp3) is 0.0577. The summed E-state index contributed by atoms with van der Waals surface area (Å²) >= 11 is 0. The highest BCUT2D eigenvalue weighted by atomic mass is 15.0. The topological polar surface area (TPSA) is 38.7 Å². The molecule has 3 heteroatoms.